The SMILES string of the molecule is CC(C#N)N(C(=O)[C@@H]1[C@H]2CC[C@](C(C)(C)C)(C2)N1C(=O)[O-])c1ccc(N=[N+]=N)cc1. The molecule has 1 saturated carbocycles. The quantitative estimate of drug-likeness (QED) is 0.602. The highest BCUT2D eigenvalue weighted by atomic mass is 16.4. The Balaban J connectivity index is 2.04. The first-order valence-electron chi connectivity index (χ1n) is 9.98. The van der Waals surface area contributed by atoms with E-state index < -0.39 is 29.6 Å². The van der Waals surface area contributed by atoms with Gasteiger partial charge in [-0.2, -0.15) is 5.26 Å². The third kappa shape index (κ3) is 3.23. The number of nitriles is 1. The number of piperidine rings is 1. The third-order valence-corrected chi connectivity index (χ3v) is 6.67. The minimum absolute atomic E-state index is 0.112. The van der Waals surface area contributed by atoms with Crippen molar-refractivity contribution in [2.24, 2.45) is 16.4 Å². The molecule has 9 heteroatoms. The van der Waals surface area contributed by atoms with Gasteiger partial charge in [-0.15, -0.1) is 0 Å². The summed E-state index contributed by atoms with van der Waals surface area (Å²) in [6, 6.07) is 6.82. The standard InChI is InChI=1S/C21H26N6O3/c1-13(12-22)26(16-7-5-15(6-8-16)24-25-23)18(28)17-14-9-10-21(11-14,20(2,3)4)27(17)19(29)30/h5-8,13-14,17,23H,9-11H2,1-4H3/t13?,14-,17-,21+/m0/s1. The average Bonchev–Trinajstić information content (AvgIpc) is 3.27. The fraction of sp³-hybridized carbons (Fsp3) is 0.571. The Labute approximate surface area is 175 Å². The number of hydrogen-bond donors (Lipinski definition) is 1. The highest BCUT2D eigenvalue weighted by Gasteiger charge is 2.63. The Hall–Kier alpha value is -3.24. The molecule has 1 aliphatic heterocycles. The maximum atomic E-state index is 13.7. The smallest absolute Gasteiger partial charge is 0.251 e. The number of amides is 2. The summed E-state index contributed by atoms with van der Waals surface area (Å²) in [4.78, 5) is 31.5. The molecule has 3 rings (SSSR count). The Morgan fingerprint density at radius 1 is 1.40 bits per heavy atom. The van der Waals surface area contributed by atoms with Crippen LogP contribution in [-0.2, 0) is 4.79 Å². The molecule has 2 amide bonds. The van der Waals surface area contributed by atoms with Gasteiger partial charge < -0.3 is 14.8 Å². The minimum atomic E-state index is -1.35. The molecule has 2 fully saturated rings. The van der Waals surface area contributed by atoms with Gasteiger partial charge in [-0.25, -0.2) is 0 Å². The molecule has 2 bridgehead atoms. The van der Waals surface area contributed by atoms with E-state index >= 15 is 0 Å². The predicted octanol–water partition coefficient (Wildman–Crippen LogP) is 2.73. The van der Waals surface area contributed by atoms with Crippen LogP contribution < -0.4 is 14.9 Å². The molecule has 1 unspecified atom stereocenters. The summed E-state index contributed by atoms with van der Waals surface area (Å²) < 4.78 is 0. The fourth-order valence-electron chi connectivity index (χ4n) is 5.15. The maximum absolute atomic E-state index is 13.7. The molecule has 1 aromatic carbocycles. The van der Waals surface area contributed by atoms with Gasteiger partial charge in [0.25, 0.3) is 5.91 Å². The van der Waals surface area contributed by atoms with Crippen LogP contribution in [0.5, 0.6) is 0 Å². The fourth-order valence-corrected chi connectivity index (χ4v) is 5.15. The summed E-state index contributed by atoms with van der Waals surface area (Å²) in [6.45, 7) is 7.58. The zero-order chi connectivity index (χ0) is 22.3. The summed E-state index contributed by atoms with van der Waals surface area (Å²) in [5.74, 6) is -0.529. The van der Waals surface area contributed by atoms with Crippen molar-refractivity contribution in [1.29, 1.82) is 10.8 Å². The van der Waals surface area contributed by atoms with Crippen molar-refractivity contribution in [2.45, 2.75) is 64.6 Å². The molecule has 0 aromatic heterocycles. The molecule has 1 saturated heterocycles. The van der Waals surface area contributed by atoms with Gasteiger partial charge in [-0.05, 0) is 61.8 Å². The second kappa shape index (κ2) is 7.54. The molecule has 1 N–H and O–H groups in total. The monoisotopic (exact) mass is 410 g/mol. The summed E-state index contributed by atoms with van der Waals surface area (Å²) in [5, 5.41) is 25.4. The van der Waals surface area contributed by atoms with E-state index in [0.29, 0.717) is 24.2 Å². The largest absolute Gasteiger partial charge is 0.530 e. The van der Waals surface area contributed by atoms with Crippen molar-refractivity contribution in [1.82, 2.24) is 9.81 Å². The highest BCUT2D eigenvalue weighted by molar-refractivity contribution is 6.00. The molecule has 30 heavy (non-hydrogen) atoms. The van der Waals surface area contributed by atoms with Gasteiger partial charge in [0.2, 0.25) is 4.91 Å². The van der Waals surface area contributed by atoms with Crippen molar-refractivity contribution < 1.29 is 14.7 Å². The van der Waals surface area contributed by atoms with Gasteiger partial charge in [-0.3, -0.25) is 9.69 Å². The lowest BCUT2D eigenvalue weighted by atomic mass is 9.72. The molecular weight excluding hydrogens is 384 g/mol. The Bertz CT molecular complexity index is 941. The molecule has 1 aromatic rings. The van der Waals surface area contributed by atoms with E-state index in [4.69, 9.17) is 5.53 Å². The first-order chi connectivity index (χ1) is 14.1. The third-order valence-electron chi connectivity index (χ3n) is 6.67. The molecule has 4 atom stereocenters. The van der Waals surface area contributed by atoms with E-state index in [9.17, 15) is 20.0 Å². The van der Waals surface area contributed by atoms with Crippen LogP contribution in [0.3, 0.4) is 0 Å². The van der Waals surface area contributed by atoms with Gasteiger partial charge in [-0.1, -0.05) is 20.8 Å². The van der Waals surface area contributed by atoms with E-state index in [-0.39, 0.29) is 11.3 Å². The number of nitrogens with one attached hydrogen (secondary N) is 1. The van der Waals surface area contributed by atoms with Crippen molar-refractivity contribution in [3.63, 3.8) is 0 Å². The van der Waals surface area contributed by atoms with Crippen LogP contribution in [0, 0.1) is 28.2 Å². The Morgan fingerprint density at radius 3 is 2.53 bits per heavy atom. The number of hydrogen-bond acceptors (Lipinski definition) is 6. The molecule has 1 heterocycles. The number of nitrogens with zero attached hydrogens (tertiary/aromatic N) is 5. The predicted molar refractivity (Wildman–Crippen MR) is 106 cm³/mol. The van der Waals surface area contributed by atoms with Gasteiger partial charge in [0.05, 0.1) is 6.07 Å². The zero-order valence-electron chi connectivity index (χ0n) is 17.6. The molecule has 0 radical (unpaired) electrons. The number of carboxylic acid groups (broad SMARTS) is 1. The summed E-state index contributed by atoms with van der Waals surface area (Å²) in [6.07, 6.45) is 0.717. The van der Waals surface area contributed by atoms with Crippen LogP contribution in [-0.4, -0.2) is 34.5 Å². The molecule has 158 valence electrons. The normalized spacial score (nSPS) is 25.9. The maximum Gasteiger partial charge on any atom is 0.251 e. The second-order valence-corrected chi connectivity index (χ2v) is 9.09. The van der Waals surface area contributed by atoms with Gasteiger partial charge in [0.1, 0.15) is 23.7 Å². The molecule has 0 spiro atoms. The second-order valence-electron chi connectivity index (χ2n) is 9.09. The number of anilines is 1. The summed E-state index contributed by atoms with van der Waals surface area (Å²) in [7, 11) is 0. The van der Waals surface area contributed by atoms with E-state index in [1.807, 2.05) is 20.8 Å². The van der Waals surface area contributed by atoms with E-state index in [1.165, 1.54) is 9.80 Å². The molecule has 9 nitrogen and oxygen atoms in total. The van der Waals surface area contributed by atoms with Gasteiger partial charge in [0.15, 0.2) is 10.8 Å². The van der Waals surface area contributed by atoms with Crippen molar-refractivity contribution in [3.8, 4) is 6.07 Å². The van der Waals surface area contributed by atoms with Gasteiger partial charge >= 0.3 is 0 Å². The van der Waals surface area contributed by atoms with Crippen LogP contribution in [0.2, 0.25) is 0 Å². The lowest BCUT2D eigenvalue weighted by molar-refractivity contribution is -0.276. The molecular formula is C21H26N6O3. The average molecular weight is 410 g/mol. The first kappa shape index (κ1) is 21.5. The minimum Gasteiger partial charge on any atom is -0.530 e. The summed E-state index contributed by atoms with van der Waals surface area (Å²) in [5.41, 5.74) is 6.71. The number of carbonyl (C=O) groups excluding carboxylic acids is 2. The first-order valence-corrected chi connectivity index (χ1v) is 9.98. The number of benzene rings is 1. The van der Waals surface area contributed by atoms with Gasteiger partial charge in [0, 0.05) is 11.2 Å². The number of rotatable bonds is 4. The molecule has 1 aliphatic carbocycles. The summed E-state index contributed by atoms with van der Waals surface area (Å²) >= 11 is 0. The van der Waals surface area contributed by atoms with E-state index in [2.05, 4.69) is 16.1 Å². The number of likely N-dealkylation sites (tertiary alicyclic amines) is 1. The lowest BCUT2D eigenvalue weighted by Gasteiger charge is -2.52. The Kier molecular flexibility index (Phi) is 5.40. The van der Waals surface area contributed by atoms with Crippen molar-refractivity contribution >= 4 is 23.4 Å². The van der Waals surface area contributed by atoms with Crippen LogP contribution in [0.15, 0.2) is 29.4 Å². The van der Waals surface area contributed by atoms with E-state index in [0.717, 1.165) is 6.42 Å². The number of fused-ring (bicyclic) bond motifs is 2. The zero-order valence-corrected chi connectivity index (χ0v) is 17.6. The Morgan fingerprint density at radius 2 is 2.03 bits per heavy atom. The highest BCUT2D eigenvalue weighted by Crippen LogP contribution is 2.58. The number of carbonyl (C=O) groups is 2. The molecule has 2 aliphatic rings. The topological polar surface area (TPSA) is 138 Å². The van der Waals surface area contributed by atoms with Crippen molar-refractivity contribution in [3.05, 3.63) is 24.3 Å². The van der Waals surface area contributed by atoms with Crippen LogP contribution in [0.25, 0.3) is 0 Å². The van der Waals surface area contributed by atoms with Crippen LogP contribution in [0.1, 0.15) is 47.0 Å². The lowest BCUT2D eigenvalue weighted by Crippen LogP contribution is -2.65. The van der Waals surface area contributed by atoms with Crippen molar-refractivity contribution in [2.75, 3.05) is 4.90 Å². The van der Waals surface area contributed by atoms with Crippen LogP contribution in [0.4, 0.5) is 16.2 Å². The van der Waals surface area contributed by atoms with E-state index in [1.54, 1.807) is 31.2 Å². The van der Waals surface area contributed by atoms with Crippen LogP contribution >= 0.6 is 0 Å².